The fourth-order valence-corrected chi connectivity index (χ4v) is 3.26. The number of aryl methyl sites for hydroxylation is 1. The molecular weight excluding hydrogens is 252 g/mol. The second-order valence-corrected chi connectivity index (χ2v) is 6.74. The van der Waals surface area contributed by atoms with Crippen LogP contribution in [0.4, 0.5) is 5.95 Å². The zero-order valence-electron chi connectivity index (χ0n) is 10.6. The number of piperidine rings is 1. The third kappa shape index (κ3) is 2.78. The molecule has 0 aliphatic carbocycles. The van der Waals surface area contributed by atoms with Crippen molar-refractivity contribution in [2.24, 2.45) is 0 Å². The minimum atomic E-state index is -3.13. The summed E-state index contributed by atoms with van der Waals surface area (Å²) >= 11 is 0. The quantitative estimate of drug-likeness (QED) is 0.845. The number of nitrogen functional groups attached to an aromatic ring is 1. The first-order chi connectivity index (χ1) is 8.38. The number of rotatable bonds is 2. The van der Waals surface area contributed by atoms with E-state index in [-0.39, 0.29) is 11.9 Å². The van der Waals surface area contributed by atoms with E-state index in [1.165, 1.54) is 10.6 Å². The second-order valence-electron chi connectivity index (χ2n) is 4.76. The Hall–Kier alpha value is -1.21. The largest absolute Gasteiger partial charge is 0.368 e. The van der Waals surface area contributed by atoms with Crippen molar-refractivity contribution in [3.8, 4) is 0 Å². The number of nitrogens with two attached hydrogens (primary N) is 1. The summed E-state index contributed by atoms with van der Waals surface area (Å²) in [6, 6.07) is 0. The lowest BCUT2D eigenvalue weighted by Crippen LogP contribution is -2.38. The van der Waals surface area contributed by atoms with Crippen LogP contribution in [0, 0.1) is 6.92 Å². The molecule has 0 radical (unpaired) electrons. The molecule has 0 bridgehead atoms. The molecule has 6 nitrogen and oxygen atoms in total. The molecule has 0 aromatic carbocycles. The van der Waals surface area contributed by atoms with Crippen molar-refractivity contribution in [2.45, 2.75) is 25.7 Å². The van der Waals surface area contributed by atoms with Gasteiger partial charge in [-0.3, -0.25) is 0 Å². The molecule has 100 valence electrons. The van der Waals surface area contributed by atoms with Crippen molar-refractivity contribution in [1.82, 2.24) is 14.3 Å². The molecule has 0 saturated carbocycles. The Balaban J connectivity index is 2.26. The van der Waals surface area contributed by atoms with E-state index in [0.717, 1.165) is 24.1 Å². The standard InChI is InChI=1S/C11H18N4O2S/c1-8-6-13-11(12)14-10(8)9-4-3-5-15(7-9)18(2,16)17/h6,9H,3-5,7H2,1-2H3,(H2,12,13,14)/t9-/m0/s1. The lowest BCUT2D eigenvalue weighted by Gasteiger charge is -2.31. The van der Waals surface area contributed by atoms with E-state index in [0.29, 0.717) is 13.1 Å². The van der Waals surface area contributed by atoms with Gasteiger partial charge in [0.15, 0.2) is 0 Å². The molecule has 0 spiro atoms. The zero-order chi connectivity index (χ0) is 13.3. The van der Waals surface area contributed by atoms with E-state index in [1.807, 2.05) is 6.92 Å². The predicted molar refractivity (Wildman–Crippen MR) is 69.6 cm³/mol. The van der Waals surface area contributed by atoms with Crippen molar-refractivity contribution in [2.75, 3.05) is 25.1 Å². The highest BCUT2D eigenvalue weighted by Crippen LogP contribution is 2.28. The molecule has 2 N–H and O–H groups in total. The molecule has 0 amide bonds. The van der Waals surface area contributed by atoms with Gasteiger partial charge in [0.25, 0.3) is 0 Å². The Labute approximate surface area is 107 Å². The number of sulfonamides is 1. The van der Waals surface area contributed by atoms with Crippen molar-refractivity contribution < 1.29 is 8.42 Å². The molecule has 0 unspecified atom stereocenters. The third-order valence-corrected chi connectivity index (χ3v) is 4.54. The van der Waals surface area contributed by atoms with Crippen LogP contribution in [-0.4, -0.2) is 42.0 Å². The third-order valence-electron chi connectivity index (χ3n) is 3.27. The Morgan fingerprint density at radius 1 is 1.50 bits per heavy atom. The molecule has 1 saturated heterocycles. The van der Waals surface area contributed by atoms with Crippen LogP contribution in [0.25, 0.3) is 0 Å². The monoisotopic (exact) mass is 270 g/mol. The molecule has 1 aromatic heterocycles. The molecule has 7 heteroatoms. The fourth-order valence-electron chi connectivity index (χ4n) is 2.35. The topological polar surface area (TPSA) is 89.2 Å². The Kier molecular flexibility index (Phi) is 3.54. The van der Waals surface area contributed by atoms with Crippen LogP contribution in [0.2, 0.25) is 0 Å². The normalized spacial score (nSPS) is 22.0. The van der Waals surface area contributed by atoms with Crippen molar-refractivity contribution in [3.05, 3.63) is 17.5 Å². The summed E-state index contributed by atoms with van der Waals surface area (Å²) in [6.07, 6.45) is 4.72. The molecule has 1 aromatic rings. The summed E-state index contributed by atoms with van der Waals surface area (Å²) in [7, 11) is -3.13. The van der Waals surface area contributed by atoms with Crippen LogP contribution in [0.1, 0.15) is 30.0 Å². The number of aromatic nitrogens is 2. The molecule has 2 heterocycles. The van der Waals surface area contributed by atoms with Gasteiger partial charge in [0, 0.05) is 25.2 Å². The maximum Gasteiger partial charge on any atom is 0.220 e. The number of anilines is 1. The number of nitrogens with zero attached hydrogens (tertiary/aromatic N) is 3. The highest BCUT2D eigenvalue weighted by atomic mass is 32.2. The Morgan fingerprint density at radius 2 is 2.22 bits per heavy atom. The summed E-state index contributed by atoms with van der Waals surface area (Å²) in [5.41, 5.74) is 7.43. The maximum atomic E-state index is 11.6. The predicted octanol–water partition coefficient (Wildman–Crippen LogP) is 0.506. The molecule has 1 aliphatic heterocycles. The van der Waals surface area contributed by atoms with Crippen LogP contribution in [0.3, 0.4) is 0 Å². The molecule has 2 rings (SSSR count). The number of hydrogen-bond acceptors (Lipinski definition) is 5. The SMILES string of the molecule is Cc1cnc(N)nc1[C@H]1CCCN(S(C)(=O)=O)C1. The molecule has 18 heavy (non-hydrogen) atoms. The molecule has 1 atom stereocenters. The minimum absolute atomic E-state index is 0.110. The molecular formula is C11H18N4O2S. The van der Waals surface area contributed by atoms with Gasteiger partial charge in [-0.05, 0) is 25.3 Å². The average molecular weight is 270 g/mol. The lowest BCUT2D eigenvalue weighted by molar-refractivity contribution is 0.314. The minimum Gasteiger partial charge on any atom is -0.368 e. The van der Waals surface area contributed by atoms with Gasteiger partial charge in [0.1, 0.15) is 0 Å². The smallest absolute Gasteiger partial charge is 0.220 e. The van der Waals surface area contributed by atoms with Gasteiger partial charge in [-0.15, -0.1) is 0 Å². The molecule has 1 fully saturated rings. The van der Waals surface area contributed by atoms with Gasteiger partial charge in [0.2, 0.25) is 16.0 Å². The first-order valence-electron chi connectivity index (χ1n) is 5.92. The number of hydrogen-bond donors (Lipinski definition) is 1. The summed E-state index contributed by atoms with van der Waals surface area (Å²) in [6.45, 7) is 3.00. The van der Waals surface area contributed by atoms with E-state index in [1.54, 1.807) is 6.20 Å². The van der Waals surface area contributed by atoms with E-state index in [4.69, 9.17) is 5.73 Å². The first-order valence-corrected chi connectivity index (χ1v) is 7.77. The van der Waals surface area contributed by atoms with Crippen LogP contribution in [0.5, 0.6) is 0 Å². The summed E-state index contributed by atoms with van der Waals surface area (Å²) in [4.78, 5) is 8.19. The van der Waals surface area contributed by atoms with Gasteiger partial charge in [-0.1, -0.05) is 0 Å². The molecule has 1 aliphatic rings. The van der Waals surface area contributed by atoms with Gasteiger partial charge >= 0.3 is 0 Å². The summed E-state index contributed by atoms with van der Waals surface area (Å²) in [5.74, 6) is 0.353. The van der Waals surface area contributed by atoms with Gasteiger partial charge in [0.05, 0.1) is 11.9 Å². The summed E-state index contributed by atoms with van der Waals surface area (Å²) < 4.78 is 24.7. The van der Waals surface area contributed by atoms with E-state index < -0.39 is 10.0 Å². The Bertz CT molecular complexity index is 544. The van der Waals surface area contributed by atoms with Crippen LogP contribution >= 0.6 is 0 Å². The zero-order valence-corrected chi connectivity index (χ0v) is 11.4. The van der Waals surface area contributed by atoms with Crippen LogP contribution < -0.4 is 5.73 Å². The van der Waals surface area contributed by atoms with Crippen LogP contribution in [-0.2, 0) is 10.0 Å². The van der Waals surface area contributed by atoms with Crippen molar-refractivity contribution in [1.29, 1.82) is 0 Å². The Morgan fingerprint density at radius 3 is 2.89 bits per heavy atom. The van der Waals surface area contributed by atoms with Crippen molar-refractivity contribution in [3.63, 3.8) is 0 Å². The second kappa shape index (κ2) is 4.81. The van der Waals surface area contributed by atoms with E-state index in [2.05, 4.69) is 9.97 Å². The van der Waals surface area contributed by atoms with Gasteiger partial charge in [-0.25, -0.2) is 22.7 Å². The fraction of sp³-hybridized carbons (Fsp3) is 0.636. The van der Waals surface area contributed by atoms with Gasteiger partial charge in [-0.2, -0.15) is 0 Å². The van der Waals surface area contributed by atoms with Crippen molar-refractivity contribution >= 4 is 16.0 Å². The highest BCUT2D eigenvalue weighted by Gasteiger charge is 2.28. The highest BCUT2D eigenvalue weighted by molar-refractivity contribution is 7.88. The van der Waals surface area contributed by atoms with E-state index >= 15 is 0 Å². The lowest BCUT2D eigenvalue weighted by atomic mass is 9.93. The first kappa shape index (κ1) is 13.2. The average Bonchev–Trinajstić information content (AvgIpc) is 2.31. The van der Waals surface area contributed by atoms with E-state index in [9.17, 15) is 8.42 Å². The maximum absolute atomic E-state index is 11.6. The summed E-state index contributed by atoms with van der Waals surface area (Å²) in [5, 5.41) is 0. The van der Waals surface area contributed by atoms with Crippen LogP contribution in [0.15, 0.2) is 6.20 Å². The van der Waals surface area contributed by atoms with Gasteiger partial charge < -0.3 is 5.73 Å².